The predicted molar refractivity (Wildman–Crippen MR) is 140 cm³/mol. The molecule has 0 saturated heterocycles. The second-order valence-corrected chi connectivity index (χ2v) is 10.1. The number of esters is 1. The fourth-order valence-electron chi connectivity index (χ4n) is 5.15. The summed E-state index contributed by atoms with van der Waals surface area (Å²) in [6.45, 7) is 8.67. The van der Waals surface area contributed by atoms with E-state index in [1.165, 1.54) is 5.56 Å². The number of nitrogens with zero attached hydrogens (tertiary/aromatic N) is 2. The number of hydrogen-bond donors (Lipinski definition) is 1. The van der Waals surface area contributed by atoms with Gasteiger partial charge < -0.3 is 14.4 Å². The number of pyridine rings is 2. The van der Waals surface area contributed by atoms with Crippen LogP contribution in [0.3, 0.4) is 0 Å². The van der Waals surface area contributed by atoms with Crippen LogP contribution in [-0.4, -0.2) is 20.6 Å². The summed E-state index contributed by atoms with van der Waals surface area (Å²) in [6, 6.07) is 12.1. The van der Waals surface area contributed by atoms with Gasteiger partial charge in [-0.1, -0.05) is 55.8 Å². The summed E-state index contributed by atoms with van der Waals surface area (Å²) >= 11 is 3.61. The third kappa shape index (κ3) is 3.69. The average Bonchev–Trinajstić information content (AvgIpc) is 3.21. The first kappa shape index (κ1) is 23.7. The van der Waals surface area contributed by atoms with Crippen molar-refractivity contribution in [2.45, 2.75) is 53.4 Å². The van der Waals surface area contributed by atoms with Crippen LogP contribution < -0.4 is 5.56 Å². The summed E-state index contributed by atoms with van der Waals surface area (Å²) in [6.07, 6.45) is -0.604. The van der Waals surface area contributed by atoms with E-state index in [1.54, 1.807) is 10.6 Å². The van der Waals surface area contributed by atoms with Gasteiger partial charge in [0.15, 0.2) is 6.10 Å². The predicted octanol–water partition coefficient (Wildman–Crippen LogP) is 5.66. The maximum atomic E-state index is 13.3. The largest absolute Gasteiger partial charge is 0.458 e. The molecule has 2 aliphatic rings. The molecule has 0 bridgehead atoms. The average molecular weight is 535 g/mol. The molecule has 1 atom stereocenters. The molecule has 35 heavy (non-hydrogen) atoms. The minimum absolute atomic E-state index is 0.117. The number of aliphatic hydroxyl groups is 1. The third-order valence-corrected chi connectivity index (χ3v) is 7.12. The van der Waals surface area contributed by atoms with Gasteiger partial charge in [-0.2, -0.15) is 0 Å². The summed E-state index contributed by atoms with van der Waals surface area (Å²) in [7, 11) is 0. The number of halogens is 1. The number of hydrogen-bond acceptors (Lipinski definition) is 5. The van der Waals surface area contributed by atoms with Crippen LogP contribution in [-0.2, 0) is 29.1 Å². The van der Waals surface area contributed by atoms with E-state index in [4.69, 9.17) is 9.72 Å². The van der Waals surface area contributed by atoms with Gasteiger partial charge in [-0.15, -0.1) is 0 Å². The molecule has 0 radical (unpaired) electrons. The van der Waals surface area contributed by atoms with Crippen LogP contribution in [0.4, 0.5) is 0 Å². The number of cyclic esters (lactones) is 1. The summed E-state index contributed by atoms with van der Waals surface area (Å²) in [5.74, 6) is -0.322. The van der Waals surface area contributed by atoms with Gasteiger partial charge in [-0.25, -0.2) is 9.78 Å². The Labute approximate surface area is 211 Å². The van der Waals surface area contributed by atoms with Crippen molar-refractivity contribution in [3.8, 4) is 11.4 Å². The van der Waals surface area contributed by atoms with E-state index >= 15 is 0 Å². The number of ether oxygens (including phenoxy) is 1. The molecule has 1 unspecified atom stereocenters. The Hall–Kier alpha value is -3.03. The fourth-order valence-corrected chi connectivity index (χ4v) is 5.51. The van der Waals surface area contributed by atoms with E-state index in [0.717, 1.165) is 43.8 Å². The first-order valence-corrected chi connectivity index (χ1v) is 12.8. The lowest BCUT2D eigenvalue weighted by atomic mass is 9.90. The lowest BCUT2D eigenvalue weighted by molar-refractivity contribution is -0.157. The Morgan fingerprint density at radius 2 is 1.89 bits per heavy atom. The van der Waals surface area contributed by atoms with Gasteiger partial charge >= 0.3 is 5.97 Å². The Morgan fingerprint density at radius 3 is 2.63 bits per heavy atom. The Morgan fingerprint density at radius 1 is 1.14 bits per heavy atom. The summed E-state index contributed by atoms with van der Waals surface area (Å²) < 4.78 is 7.71. The highest BCUT2D eigenvalue weighted by molar-refractivity contribution is 9.10. The Bertz CT molecular complexity index is 1570. The Balaban J connectivity index is 0.00000124. The fraction of sp³-hybridized carbons (Fsp3) is 0.321. The SMILES string of the molecule is CC.CC(C)Cc1c2c(nc3ccc4ccc(Br)cc4c13)-c1cc3c(c(=O)n1C2)COC(=O)C3O. The molecule has 1 N–H and O–H groups in total. The van der Waals surface area contributed by atoms with Crippen LogP contribution in [0.1, 0.15) is 56.1 Å². The molecule has 2 aliphatic heterocycles. The molecule has 7 heteroatoms. The smallest absolute Gasteiger partial charge is 0.340 e. The van der Waals surface area contributed by atoms with Gasteiger partial charge in [0.25, 0.3) is 5.56 Å². The normalized spacial score (nSPS) is 16.0. The third-order valence-electron chi connectivity index (χ3n) is 6.63. The summed E-state index contributed by atoms with van der Waals surface area (Å²) in [5.41, 5.74) is 4.91. The first-order chi connectivity index (χ1) is 16.8. The number of aromatic nitrogens is 2. The Kier molecular flexibility index (Phi) is 6.01. The maximum absolute atomic E-state index is 13.3. The zero-order chi connectivity index (χ0) is 25.0. The highest BCUT2D eigenvalue weighted by atomic mass is 79.9. The molecule has 0 saturated carbocycles. The standard InChI is InChI=1S/C26H21BrN2O4.C2H6/c1-12(2)7-16-18-10-29-21(9-17-19(25(29)31)11-33-26(32)24(17)30)23(18)28-20-6-4-13-3-5-14(27)8-15(13)22(16)20;1-2/h3-6,8-9,12,24,30H,7,10-11H2,1-2H3;1-2H3. The molecular weight excluding hydrogens is 508 g/mol. The number of benzene rings is 2. The molecular formula is C28H27BrN2O4. The summed E-state index contributed by atoms with van der Waals surface area (Å²) in [5, 5.41) is 13.8. The van der Waals surface area contributed by atoms with Gasteiger partial charge in [0.2, 0.25) is 0 Å². The minimum atomic E-state index is -1.45. The zero-order valence-electron chi connectivity index (χ0n) is 20.2. The van der Waals surface area contributed by atoms with Gasteiger partial charge in [-0.3, -0.25) is 4.79 Å². The monoisotopic (exact) mass is 534 g/mol. The van der Waals surface area contributed by atoms with Crippen molar-refractivity contribution >= 4 is 43.6 Å². The lowest BCUT2D eigenvalue weighted by Crippen LogP contribution is -2.32. The van der Waals surface area contributed by atoms with Crippen LogP contribution in [0, 0.1) is 5.92 Å². The van der Waals surface area contributed by atoms with Crippen LogP contribution in [0.15, 0.2) is 45.7 Å². The van der Waals surface area contributed by atoms with Gasteiger partial charge in [0, 0.05) is 21.0 Å². The van der Waals surface area contributed by atoms with E-state index in [9.17, 15) is 14.7 Å². The van der Waals surface area contributed by atoms with Gasteiger partial charge in [-0.05, 0) is 52.9 Å². The second kappa shape index (κ2) is 8.88. The van der Waals surface area contributed by atoms with Crippen molar-refractivity contribution in [1.82, 2.24) is 9.55 Å². The molecule has 0 aliphatic carbocycles. The molecule has 0 amide bonds. The van der Waals surface area contributed by atoms with Crippen LogP contribution in [0.2, 0.25) is 0 Å². The topological polar surface area (TPSA) is 81.4 Å². The number of carbonyl (C=O) groups excluding carboxylic acids is 1. The highest BCUT2D eigenvalue weighted by Crippen LogP contribution is 2.41. The minimum Gasteiger partial charge on any atom is -0.458 e. The maximum Gasteiger partial charge on any atom is 0.340 e. The van der Waals surface area contributed by atoms with E-state index in [1.807, 2.05) is 26.0 Å². The van der Waals surface area contributed by atoms with Crippen molar-refractivity contribution in [3.05, 3.63) is 73.5 Å². The molecule has 6 rings (SSSR count). The van der Waals surface area contributed by atoms with Crippen LogP contribution in [0.25, 0.3) is 33.1 Å². The van der Waals surface area contributed by atoms with E-state index in [0.29, 0.717) is 29.3 Å². The van der Waals surface area contributed by atoms with Crippen molar-refractivity contribution in [2.24, 2.45) is 5.92 Å². The quantitative estimate of drug-likeness (QED) is 0.233. The van der Waals surface area contributed by atoms with Crippen molar-refractivity contribution < 1.29 is 14.6 Å². The van der Waals surface area contributed by atoms with Gasteiger partial charge in [0.05, 0.1) is 29.0 Å². The molecule has 4 aromatic rings. The second-order valence-electron chi connectivity index (χ2n) is 9.21. The molecule has 0 spiro atoms. The number of fused-ring (bicyclic) bond motifs is 7. The number of aliphatic hydroxyl groups excluding tert-OH is 1. The van der Waals surface area contributed by atoms with Crippen molar-refractivity contribution in [1.29, 1.82) is 0 Å². The van der Waals surface area contributed by atoms with Gasteiger partial charge in [0.1, 0.15) is 6.61 Å². The number of carbonyl (C=O) groups is 1. The van der Waals surface area contributed by atoms with Crippen molar-refractivity contribution in [3.63, 3.8) is 0 Å². The highest BCUT2D eigenvalue weighted by Gasteiger charge is 2.34. The van der Waals surface area contributed by atoms with Crippen LogP contribution in [0.5, 0.6) is 0 Å². The van der Waals surface area contributed by atoms with E-state index < -0.39 is 12.1 Å². The van der Waals surface area contributed by atoms with E-state index in [2.05, 4.69) is 48.0 Å². The zero-order valence-corrected chi connectivity index (χ0v) is 21.8. The van der Waals surface area contributed by atoms with Crippen LogP contribution >= 0.6 is 15.9 Å². The molecule has 6 nitrogen and oxygen atoms in total. The molecule has 0 fully saturated rings. The molecule has 4 heterocycles. The van der Waals surface area contributed by atoms with E-state index in [-0.39, 0.29) is 12.2 Å². The summed E-state index contributed by atoms with van der Waals surface area (Å²) in [4.78, 5) is 30.3. The van der Waals surface area contributed by atoms with Crippen molar-refractivity contribution in [2.75, 3.05) is 0 Å². The first-order valence-electron chi connectivity index (χ1n) is 12.0. The number of rotatable bonds is 2. The molecule has 180 valence electrons. The lowest BCUT2D eigenvalue weighted by Gasteiger charge is -2.21. The molecule has 2 aromatic heterocycles. The molecule has 2 aromatic carbocycles.